The second-order valence-electron chi connectivity index (χ2n) is 3.60. The second-order valence-corrected chi connectivity index (χ2v) is 4.36. The van der Waals surface area contributed by atoms with E-state index in [9.17, 15) is 13.2 Å². The number of aliphatic hydroxyl groups is 1. The molecule has 2 rings (SSSR count). The van der Waals surface area contributed by atoms with Crippen LogP contribution in [0.5, 0.6) is 0 Å². The van der Waals surface area contributed by atoms with Gasteiger partial charge in [0.2, 0.25) is 0 Å². The van der Waals surface area contributed by atoms with Gasteiger partial charge in [-0.1, -0.05) is 29.3 Å². The first kappa shape index (κ1) is 14.2. The average molecular weight is 311 g/mol. The van der Waals surface area contributed by atoms with Crippen LogP contribution in [0.25, 0.3) is 5.69 Å². The Balaban J connectivity index is 2.70. The largest absolute Gasteiger partial charge is 0.391 e. The molecular weight excluding hydrogens is 304 g/mol. The van der Waals surface area contributed by atoms with E-state index in [1.165, 1.54) is 12.1 Å². The summed E-state index contributed by atoms with van der Waals surface area (Å²) in [6, 6.07) is 3.83. The quantitative estimate of drug-likeness (QED) is 0.937. The Morgan fingerprint density at radius 3 is 2.47 bits per heavy atom. The molecule has 0 aliphatic rings. The van der Waals surface area contributed by atoms with E-state index in [1.807, 2.05) is 0 Å². The highest BCUT2D eigenvalue weighted by Gasteiger charge is 2.25. The van der Waals surface area contributed by atoms with Crippen molar-refractivity contribution in [1.29, 1.82) is 0 Å². The summed E-state index contributed by atoms with van der Waals surface area (Å²) < 4.78 is 40.0. The summed E-state index contributed by atoms with van der Waals surface area (Å²) >= 11 is 11.6. The van der Waals surface area contributed by atoms with E-state index in [0.717, 1.165) is 10.7 Å². The predicted octanol–water partition coefficient (Wildman–Crippen LogP) is 3.75. The summed E-state index contributed by atoms with van der Waals surface area (Å²) in [6.07, 6.45) is -2.94. The zero-order chi connectivity index (χ0) is 14.2. The number of para-hydroxylation sites is 1. The number of aliphatic hydroxyl groups excluding tert-OH is 1. The Morgan fingerprint density at radius 2 is 2.00 bits per heavy atom. The molecule has 2 aromatic rings. The van der Waals surface area contributed by atoms with Crippen molar-refractivity contribution in [2.75, 3.05) is 0 Å². The molecule has 0 amide bonds. The molecule has 0 radical (unpaired) electrons. The number of nitrogens with zero attached hydrogens (tertiary/aromatic N) is 2. The smallest absolute Gasteiger partial charge is 0.282 e. The number of aromatic nitrogens is 2. The molecular formula is C11H7Cl2F3N2O. The van der Waals surface area contributed by atoms with Crippen molar-refractivity contribution >= 4 is 23.2 Å². The summed E-state index contributed by atoms with van der Waals surface area (Å²) in [6.45, 7) is -0.732. The molecule has 0 saturated heterocycles. The van der Waals surface area contributed by atoms with Gasteiger partial charge < -0.3 is 5.11 Å². The second kappa shape index (κ2) is 5.40. The summed E-state index contributed by atoms with van der Waals surface area (Å²) in [4.78, 5) is 0. The number of hydrogen-bond acceptors (Lipinski definition) is 2. The summed E-state index contributed by atoms with van der Waals surface area (Å²) in [5, 5.41) is 12.2. The van der Waals surface area contributed by atoms with Crippen LogP contribution in [-0.4, -0.2) is 14.9 Å². The van der Waals surface area contributed by atoms with E-state index >= 15 is 0 Å². The van der Waals surface area contributed by atoms with Crippen LogP contribution in [0.3, 0.4) is 0 Å². The Kier molecular flexibility index (Phi) is 4.03. The van der Waals surface area contributed by atoms with Crippen LogP contribution in [-0.2, 0) is 6.61 Å². The van der Waals surface area contributed by atoms with Crippen LogP contribution < -0.4 is 0 Å². The molecule has 1 aromatic heterocycles. The summed E-state index contributed by atoms with van der Waals surface area (Å²) in [5.74, 6) is -0.762. The van der Waals surface area contributed by atoms with E-state index in [4.69, 9.17) is 28.3 Å². The minimum Gasteiger partial charge on any atom is -0.391 e. The molecule has 0 spiro atoms. The number of benzene rings is 1. The lowest BCUT2D eigenvalue weighted by Gasteiger charge is -2.06. The van der Waals surface area contributed by atoms with Gasteiger partial charge in [0.05, 0.1) is 11.6 Å². The molecule has 1 aromatic carbocycles. The fourth-order valence-electron chi connectivity index (χ4n) is 1.61. The van der Waals surface area contributed by atoms with Crippen LogP contribution in [0.1, 0.15) is 17.7 Å². The monoisotopic (exact) mass is 310 g/mol. The lowest BCUT2D eigenvalue weighted by molar-refractivity contribution is 0.141. The molecule has 3 nitrogen and oxygen atoms in total. The van der Waals surface area contributed by atoms with E-state index in [2.05, 4.69) is 5.10 Å². The fourth-order valence-corrected chi connectivity index (χ4v) is 2.13. The van der Waals surface area contributed by atoms with Crippen LogP contribution >= 0.6 is 23.2 Å². The number of alkyl halides is 2. The van der Waals surface area contributed by atoms with Crippen molar-refractivity contribution in [1.82, 2.24) is 9.78 Å². The van der Waals surface area contributed by atoms with Gasteiger partial charge in [-0.2, -0.15) is 5.10 Å². The average Bonchev–Trinajstić information content (AvgIpc) is 2.67. The van der Waals surface area contributed by atoms with E-state index in [-0.39, 0.29) is 21.4 Å². The van der Waals surface area contributed by atoms with Crippen molar-refractivity contribution < 1.29 is 18.3 Å². The Labute approximate surface area is 116 Å². The van der Waals surface area contributed by atoms with Crippen molar-refractivity contribution in [2.24, 2.45) is 0 Å². The first-order valence-electron chi connectivity index (χ1n) is 5.08. The number of halogens is 5. The minimum atomic E-state index is -2.94. The highest BCUT2D eigenvalue weighted by Crippen LogP contribution is 2.33. The maximum absolute atomic E-state index is 13.7. The van der Waals surface area contributed by atoms with Crippen LogP contribution in [0, 0.1) is 5.82 Å². The Hall–Kier alpha value is -1.24. The Bertz CT molecular complexity index is 596. The molecule has 8 heteroatoms. The van der Waals surface area contributed by atoms with Crippen LogP contribution in [0.4, 0.5) is 13.2 Å². The van der Waals surface area contributed by atoms with Gasteiger partial charge in [0.1, 0.15) is 22.4 Å². The normalized spacial score (nSPS) is 11.3. The highest BCUT2D eigenvalue weighted by atomic mass is 35.5. The van der Waals surface area contributed by atoms with E-state index in [0.29, 0.717) is 0 Å². The molecule has 1 N–H and O–H groups in total. The van der Waals surface area contributed by atoms with Crippen molar-refractivity contribution in [3.05, 3.63) is 45.4 Å². The van der Waals surface area contributed by atoms with Gasteiger partial charge >= 0.3 is 0 Å². The fraction of sp³-hybridized carbons (Fsp3) is 0.182. The third kappa shape index (κ3) is 2.43. The van der Waals surface area contributed by atoms with Crippen molar-refractivity contribution in [2.45, 2.75) is 13.0 Å². The topological polar surface area (TPSA) is 38.1 Å². The third-order valence-corrected chi connectivity index (χ3v) is 3.16. The maximum atomic E-state index is 13.7. The molecule has 0 bridgehead atoms. The molecule has 0 aliphatic heterocycles. The first-order chi connectivity index (χ1) is 8.97. The third-order valence-electron chi connectivity index (χ3n) is 2.47. The number of rotatable bonds is 3. The molecule has 102 valence electrons. The van der Waals surface area contributed by atoms with E-state index in [1.54, 1.807) is 0 Å². The Morgan fingerprint density at radius 1 is 1.32 bits per heavy atom. The standard InChI is InChI=1S/C11H7Cl2F3N2O/c12-6-2-1-3-7(14)9(6)18-10(13)5(4-19)8(17-18)11(15)16/h1-3,11,19H,4H2. The summed E-state index contributed by atoms with van der Waals surface area (Å²) in [5.41, 5.74) is -1.20. The molecule has 0 aliphatic carbocycles. The SMILES string of the molecule is OCc1c(C(F)F)nn(-c2c(F)cccc2Cl)c1Cl. The van der Waals surface area contributed by atoms with E-state index < -0.39 is 24.5 Å². The van der Waals surface area contributed by atoms with Crippen LogP contribution in [0.15, 0.2) is 18.2 Å². The van der Waals surface area contributed by atoms with Gasteiger partial charge in [-0.15, -0.1) is 0 Å². The molecule has 0 fully saturated rings. The molecule has 0 unspecified atom stereocenters. The van der Waals surface area contributed by atoms with Crippen LogP contribution in [0.2, 0.25) is 10.2 Å². The first-order valence-corrected chi connectivity index (χ1v) is 5.83. The number of hydrogen-bond donors (Lipinski definition) is 1. The lowest BCUT2D eigenvalue weighted by Crippen LogP contribution is -2.02. The lowest BCUT2D eigenvalue weighted by atomic mass is 10.2. The van der Waals surface area contributed by atoms with Crippen molar-refractivity contribution in [3.8, 4) is 5.69 Å². The molecule has 19 heavy (non-hydrogen) atoms. The minimum absolute atomic E-state index is 0.0327. The molecule has 1 heterocycles. The van der Waals surface area contributed by atoms with Gasteiger partial charge in [0, 0.05) is 5.56 Å². The zero-order valence-electron chi connectivity index (χ0n) is 9.25. The van der Waals surface area contributed by atoms with Gasteiger partial charge in [-0.05, 0) is 12.1 Å². The molecule has 0 saturated carbocycles. The van der Waals surface area contributed by atoms with Gasteiger partial charge in [0.25, 0.3) is 6.43 Å². The molecule has 0 atom stereocenters. The van der Waals surface area contributed by atoms with Crippen molar-refractivity contribution in [3.63, 3.8) is 0 Å². The summed E-state index contributed by atoms with van der Waals surface area (Å²) in [7, 11) is 0. The predicted molar refractivity (Wildman–Crippen MR) is 64.4 cm³/mol. The zero-order valence-corrected chi connectivity index (χ0v) is 10.8. The van der Waals surface area contributed by atoms with Gasteiger partial charge in [0.15, 0.2) is 0 Å². The van der Waals surface area contributed by atoms with Gasteiger partial charge in [-0.25, -0.2) is 17.9 Å². The van der Waals surface area contributed by atoms with Gasteiger partial charge in [-0.3, -0.25) is 0 Å². The highest BCUT2D eigenvalue weighted by molar-refractivity contribution is 6.33. The maximum Gasteiger partial charge on any atom is 0.282 e.